The first-order valence-electron chi connectivity index (χ1n) is 9.21. The number of nitrogens with one attached hydrogen (secondary N) is 1. The van der Waals surface area contributed by atoms with E-state index in [0.29, 0.717) is 25.0 Å². The molecule has 0 radical (unpaired) electrons. The number of nitrogens with zero attached hydrogens (tertiary/aromatic N) is 3. The van der Waals surface area contributed by atoms with Gasteiger partial charge in [-0.1, -0.05) is 5.16 Å². The van der Waals surface area contributed by atoms with Crippen molar-refractivity contribution in [3.05, 3.63) is 24.3 Å². The van der Waals surface area contributed by atoms with Crippen molar-refractivity contribution in [2.45, 2.75) is 19.3 Å². The summed E-state index contributed by atoms with van der Waals surface area (Å²) in [6.07, 6.45) is 2.38. The average Bonchev–Trinajstić information content (AvgIpc) is 3.21. The van der Waals surface area contributed by atoms with Gasteiger partial charge in [0.1, 0.15) is 5.75 Å². The largest absolute Gasteiger partial charge is 0.497 e. The van der Waals surface area contributed by atoms with E-state index in [2.05, 4.69) is 15.5 Å². The zero-order valence-electron chi connectivity index (χ0n) is 15.8. The molecule has 0 unspecified atom stereocenters. The molecule has 1 saturated heterocycles. The number of piperidine rings is 1. The standard InChI is InChI=1S/C19H26N4O4/c1-25-13-3-10-20-18(24)15-8-11-23(12-9-15)19-21-17(22-27-19)14-4-6-16(26-2)7-5-14/h4-7,15H,3,8-13H2,1-2H3,(H,20,24). The second kappa shape index (κ2) is 9.36. The second-order valence-electron chi connectivity index (χ2n) is 6.53. The van der Waals surface area contributed by atoms with E-state index in [4.69, 9.17) is 14.0 Å². The molecule has 146 valence electrons. The summed E-state index contributed by atoms with van der Waals surface area (Å²) in [5.74, 6) is 1.48. The summed E-state index contributed by atoms with van der Waals surface area (Å²) in [6.45, 7) is 2.76. The Morgan fingerprint density at radius 1 is 1.26 bits per heavy atom. The Bertz CT molecular complexity index is 724. The van der Waals surface area contributed by atoms with E-state index >= 15 is 0 Å². The Hall–Kier alpha value is -2.61. The van der Waals surface area contributed by atoms with Gasteiger partial charge in [0, 0.05) is 44.8 Å². The minimum atomic E-state index is 0.0350. The molecule has 1 aromatic heterocycles. The Morgan fingerprint density at radius 2 is 2.00 bits per heavy atom. The quantitative estimate of drug-likeness (QED) is 0.708. The van der Waals surface area contributed by atoms with E-state index in [-0.39, 0.29) is 11.8 Å². The van der Waals surface area contributed by atoms with Gasteiger partial charge in [0.2, 0.25) is 11.7 Å². The highest BCUT2D eigenvalue weighted by molar-refractivity contribution is 5.78. The van der Waals surface area contributed by atoms with Crippen LogP contribution in [-0.4, -0.2) is 56.5 Å². The van der Waals surface area contributed by atoms with Gasteiger partial charge in [-0.05, 0) is 43.5 Å². The van der Waals surface area contributed by atoms with E-state index in [1.54, 1.807) is 14.2 Å². The number of hydrogen-bond donors (Lipinski definition) is 1. The van der Waals surface area contributed by atoms with Gasteiger partial charge in [0.05, 0.1) is 7.11 Å². The Balaban J connectivity index is 1.51. The normalized spacial score (nSPS) is 15.0. The van der Waals surface area contributed by atoms with Crippen LogP contribution in [0.1, 0.15) is 19.3 Å². The third kappa shape index (κ3) is 4.97. The molecule has 1 aliphatic rings. The van der Waals surface area contributed by atoms with Crippen LogP contribution >= 0.6 is 0 Å². The minimum Gasteiger partial charge on any atom is -0.497 e. The first-order valence-corrected chi connectivity index (χ1v) is 9.21. The Kier molecular flexibility index (Phi) is 6.64. The molecule has 0 aliphatic carbocycles. The van der Waals surface area contributed by atoms with Crippen molar-refractivity contribution in [3.63, 3.8) is 0 Å². The fourth-order valence-corrected chi connectivity index (χ4v) is 3.11. The summed E-state index contributed by atoms with van der Waals surface area (Å²) < 4.78 is 15.6. The van der Waals surface area contributed by atoms with Gasteiger partial charge in [-0.2, -0.15) is 4.98 Å². The molecule has 0 saturated carbocycles. The average molecular weight is 374 g/mol. The fraction of sp³-hybridized carbons (Fsp3) is 0.526. The number of ether oxygens (including phenoxy) is 2. The van der Waals surface area contributed by atoms with Crippen molar-refractivity contribution in [2.75, 3.05) is 45.4 Å². The molecule has 2 aromatic rings. The maximum absolute atomic E-state index is 12.2. The number of benzene rings is 1. The van der Waals surface area contributed by atoms with Crippen LogP contribution in [0.2, 0.25) is 0 Å². The lowest BCUT2D eigenvalue weighted by Gasteiger charge is -2.29. The second-order valence-corrected chi connectivity index (χ2v) is 6.53. The van der Waals surface area contributed by atoms with Gasteiger partial charge < -0.3 is 24.2 Å². The zero-order valence-corrected chi connectivity index (χ0v) is 15.8. The van der Waals surface area contributed by atoms with Crippen LogP contribution in [0.5, 0.6) is 5.75 Å². The van der Waals surface area contributed by atoms with E-state index < -0.39 is 0 Å². The molecule has 8 heteroatoms. The topological polar surface area (TPSA) is 89.7 Å². The van der Waals surface area contributed by atoms with Crippen LogP contribution < -0.4 is 15.0 Å². The fourth-order valence-electron chi connectivity index (χ4n) is 3.11. The van der Waals surface area contributed by atoms with E-state index in [1.165, 1.54) is 0 Å². The van der Waals surface area contributed by atoms with Crippen molar-refractivity contribution in [2.24, 2.45) is 5.92 Å². The third-order valence-corrected chi connectivity index (χ3v) is 4.72. The zero-order chi connectivity index (χ0) is 19.1. The summed E-state index contributed by atoms with van der Waals surface area (Å²) >= 11 is 0. The van der Waals surface area contributed by atoms with Crippen LogP contribution in [0.4, 0.5) is 6.01 Å². The number of anilines is 1. The third-order valence-electron chi connectivity index (χ3n) is 4.72. The Labute approximate surface area is 158 Å². The van der Waals surface area contributed by atoms with Gasteiger partial charge in [0.25, 0.3) is 0 Å². The van der Waals surface area contributed by atoms with Crippen LogP contribution in [0.15, 0.2) is 28.8 Å². The number of amides is 1. The Morgan fingerprint density at radius 3 is 2.67 bits per heavy atom. The van der Waals surface area contributed by atoms with Gasteiger partial charge >= 0.3 is 6.01 Å². The molecule has 0 bridgehead atoms. The summed E-state index contributed by atoms with van der Waals surface area (Å²) in [7, 11) is 3.29. The molecule has 1 amide bonds. The lowest BCUT2D eigenvalue weighted by Crippen LogP contribution is -2.41. The highest BCUT2D eigenvalue weighted by atomic mass is 16.5. The van der Waals surface area contributed by atoms with Crippen LogP contribution in [0.25, 0.3) is 11.4 Å². The van der Waals surface area contributed by atoms with Crippen molar-refractivity contribution < 1.29 is 18.8 Å². The number of hydrogen-bond acceptors (Lipinski definition) is 7. The van der Waals surface area contributed by atoms with Crippen molar-refractivity contribution in [1.29, 1.82) is 0 Å². The first kappa shape index (κ1) is 19.2. The summed E-state index contributed by atoms with van der Waals surface area (Å²) in [5.41, 5.74) is 0.871. The van der Waals surface area contributed by atoms with Crippen LogP contribution in [-0.2, 0) is 9.53 Å². The van der Waals surface area contributed by atoms with Gasteiger partial charge in [-0.15, -0.1) is 0 Å². The molecular weight excluding hydrogens is 348 g/mol. The SMILES string of the molecule is COCCCNC(=O)C1CCN(c2nc(-c3ccc(OC)cc3)no2)CC1. The molecule has 0 atom stereocenters. The van der Waals surface area contributed by atoms with Crippen LogP contribution in [0.3, 0.4) is 0 Å². The van der Waals surface area contributed by atoms with Crippen molar-refractivity contribution in [1.82, 2.24) is 15.5 Å². The van der Waals surface area contributed by atoms with Crippen molar-refractivity contribution in [3.8, 4) is 17.1 Å². The molecular formula is C19H26N4O4. The molecule has 8 nitrogen and oxygen atoms in total. The minimum absolute atomic E-state index is 0.0350. The molecule has 1 fully saturated rings. The number of rotatable bonds is 8. The first-order chi connectivity index (χ1) is 13.2. The maximum Gasteiger partial charge on any atom is 0.324 e. The summed E-state index contributed by atoms with van der Waals surface area (Å²) in [5, 5.41) is 7.05. The molecule has 2 heterocycles. The molecule has 0 spiro atoms. The van der Waals surface area contributed by atoms with E-state index in [0.717, 1.165) is 43.7 Å². The van der Waals surface area contributed by atoms with Crippen LogP contribution in [0, 0.1) is 5.92 Å². The molecule has 1 aromatic carbocycles. The van der Waals surface area contributed by atoms with Gasteiger partial charge in [0.15, 0.2) is 0 Å². The highest BCUT2D eigenvalue weighted by Crippen LogP contribution is 2.25. The summed E-state index contributed by atoms with van der Waals surface area (Å²) in [6, 6.07) is 8.02. The highest BCUT2D eigenvalue weighted by Gasteiger charge is 2.27. The predicted molar refractivity (Wildman–Crippen MR) is 101 cm³/mol. The van der Waals surface area contributed by atoms with E-state index in [9.17, 15) is 4.79 Å². The monoisotopic (exact) mass is 374 g/mol. The number of carbonyl (C=O) groups excluding carboxylic acids is 1. The lowest BCUT2D eigenvalue weighted by atomic mass is 9.96. The van der Waals surface area contributed by atoms with Gasteiger partial charge in [-0.3, -0.25) is 4.79 Å². The molecule has 1 aliphatic heterocycles. The maximum atomic E-state index is 12.2. The van der Waals surface area contributed by atoms with Crippen molar-refractivity contribution >= 4 is 11.9 Å². The van der Waals surface area contributed by atoms with Gasteiger partial charge in [-0.25, -0.2) is 0 Å². The lowest BCUT2D eigenvalue weighted by molar-refractivity contribution is -0.125. The number of aromatic nitrogens is 2. The van der Waals surface area contributed by atoms with E-state index in [1.807, 2.05) is 29.2 Å². The summed E-state index contributed by atoms with van der Waals surface area (Å²) in [4.78, 5) is 18.7. The molecule has 1 N–H and O–H groups in total. The number of methoxy groups -OCH3 is 2. The molecule has 27 heavy (non-hydrogen) atoms. The smallest absolute Gasteiger partial charge is 0.324 e. The number of carbonyl (C=O) groups is 1. The predicted octanol–water partition coefficient (Wildman–Crippen LogP) is 2.11. The molecule has 3 rings (SSSR count).